The maximum Gasteiger partial charge on any atom is 0.120 e. The topological polar surface area (TPSA) is 9.23 Å². The van der Waals surface area contributed by atoms with Crippen LogP contribution in [0, 0.1) is 5.92 Å². The summed E-state index contributed by atoms with van der Waals surface area (Å²) in [5, 5.41) is 0. The molecule has 0 aliphatic carbocycles. The van der Waals surface area contributed by atoms with Crippen molar-refractivity contribution < 1.29 is 4.74 Å². The Hall–Kier alpha value is -1.28. The van der Waals surface area contributed by atoms with Gasteiger partial charge in [0.25, 0.3) is 0 Å². The number of rotatable bonds is 5. The van der Waals surface area contributed by atoms with Crippen molar-refractivity contribution in [2.75, 3.05) is 0 Å². The Bertz CT molecular complexity index is 534. The SMILES string of the molecule is CC(C)Cc1cccc(OCc2ccccc2Br)c1. The highest BCUT2D eigenvalue weighted by atomic mass is 79.9. The van der Waals surface area contributed by atoms with Crippen molar-refractivity contribution >= 4 is 15.9 Å². The molecule has 0 heterocycles. The molecule has 2 rings (SSSR count). The quantitative estimate of drug-likeness (QED) is 0.733. The van der Waals surface area contributed by atoms with Crippen molar-refractivity contribution in [2.24, 2.45) is 5.92 Å². The molecule has 0 atom stereocenters. The summed E-state index contributed by atoms with van der Waals surface area (Å²) in [6, 6.07) is 16.5. The monoisotopic (exact) mass is 318 g/mol. The van der Waals surface area contributed by atoms with Gasteiger partial charge in [0.05, 0.1) is 0 Å². The Balaban J connectivity index is 2.02. The van der Waals surface area contributed by atoms with Gasteiger partial charge in [-0.3, -0.25) is 0 Å². The molecular weight excluding hydrogens is 300 g/mol. The van der Waals surface area contributed by atoms with E-state index >= 15 is 0 Å². The van der Waals surface area contributed by atoms with Gasteiger partial charge in [-0.25, -0.2) is 0 Å². The van der Waals surface area contributed by atoms with Crippen molar-refractivity contribution in [2.45, 2.75) is 26.9 Å². The minimum absolute atomic E-state index is 0.590. The Morgan fingerprint density at radius 3 is 2.58 bits per heavy atom. The summed E-state index contributed by atoms with van der Waals surface area (Å²) in [5.74, 6) is 1.60. The van der Waals surface area contributed by atoms with Gasteiger partial charge in [0, 0.05) is 10.0 Å². The summed E-state index contributed by atoms with van der Waals surface area (Å²) in [6.07, 6.45) is 1.09. The third-order valence-electron chi connectivity index (χ3n) is 2.89. The molecule has 0 fully saturated rings. The fourth-order valence-corrected chi connectivity index (χ4v) is 2.41. The lowest BCUT2D eigenvalue weighted by molar-refractivity contribution is 0.305. The van der Waals surface area contributed by atoms with Gasteiger partial charge in [0.1, 0.15) is 12.4 Å². The third-order valence-corrected chi connectivity index (χ3v) is 3.67. The minimum Gasteiger partial charge on any atom is -0.489 e. The molecule has 0 saturated heterocycles. The fraction of sp³-hybridized carbons (Fsp3) is 0.294. The first kappa shape index (κ1) is 14.1. The van der Waals surface area contributed by atoms with Crippen LogP contribution in [0.4, 0.5) is 0 Å². The lowest BCUT2D eigenvalue weighted by Crippen LogP contribution is -1.98. The molecule has 0 N–H and O–H groups in total. The summed E-state index contributed by atoms with van der Waals surface area (Å²) in [6.45, 7) is 5.05. The van der Waals surface area contributed by atoms with Gasteiger partial charge in [0.2, 0.25) is 0 Å². The van der Waals surface area contributed by atoms with Gasteiger partial charge in [-0.1, -0.05) is 60.1 Å². The standard InChI is InChI=1S/C17H19BrO/c1-13(2)10-14-6-5-8-16(11-14)19-12-15-7-3-4-9-17(15)18/h3-9,11,13H,10,12H2,1-2H3. The first-order valence-electron chi connectivity index (χ1n) is 6.60. The van der Waals surface area contributed by atoms with Crippen LogP contribution in [-0.2, 0) is 13.0 Å². The zero-order chi connectivity index (χ0) is 13.7. The van der Waals surface area contributed by atoms with Gasteiger partial charge >= 0.3 is 0 Å². The summed E-state index contributed by atoms with van der Waals surface area (Å²) in [5.41, 5.74) is 2.50. The molecule has 0 aliphatic rings. The summed E-state index contributed by atoms with van der Waals surface area (Å²) >= 11 is 3.54. The van der Waals surface area contributed by atoms with Gasteiger partial charge < -0.3 is 4.74 Å². The zero-order valence-corrected chi connectivity index (χ0v) is 13.0. The normalized spacial score (nSPS) is 10.7. The number of halogens is 1. The van der Waals surface area contributed by atoms with Crippen LogP contribution in [0.2, 0.25) is 0 Å². The van der Waals surface area contributed by atoms with E-state index in [9.17, 15) is 0 Å². The molecule has 1 nitrogen and oxygen atoms in total. The van der Waals surface area contributed by atoms with Crippen molar-refractivity contribution in [3.05, 3.63) is 64.1 Å². The molecule has 2 aromatic carbocycles. The van der Waals surface area contributed by atoms with E-state index in [2.05, 4.69) is 54.0 Å². The average Bonchev–Trinajstić information content (AvgIpc) is 2.37. The van der Waals surface area contributed by atoms with E-state index < -0.39 is 0 Å². The summed E-state index contributed by atoms with van der Waals surface area (Å²) < 4.78 is 6.96. The van der Waals surface area contributed by atoms with E-state index in [4.69, 9.17) is 4.74 Å². The molecule has 0 aromatic heterocycles. The highest BCUT2D eigenvalue weighted by Gasteiger charge is 2.02. The second-order valence-electron chi connectivity index (χ2n) is 5.13. The molecule has 2 aromatic rings. The maximum atomic E-state index is 5.87. The lowest BCUT2D eigenvalue weighted by Gasteiger charge is -2.10. The fourth-order valence-electron chi connectivity index (χ4n) is 2.01. The van der Waals surface area contributed by atoms with Crippen molar-refractivity contribution in [3.63, 3.8) is 0 Å². The molecule has 0 bridgehead atoms. The highest BCUT2D eigenvalue weighted by molar-refractivity contribution is 9.10. The molecule has 0 aliphatic heterocycles. The van der Waals surface area contributed by atoms with Crippen LogP contribution in [-0.4, -0.2) is 0 Å². The average molecular weight is 319 g/mol. The molecule has 100 valence electrons. The predicted octanol–water partition coefficient (Wildman–Crippen LogP) is 5.23. The predicted molar refractivity (Wildman–Crippen MR) is 83.5 cm³/mol. The van der Waals surface area contributed by atoms with Crippen molar-refractivity contribution in [1.29, 1.82) is 0 Å². The van der Waals surface area contributed by atoms with E-state index in [-0.39, 0.29) is 0 Å². The zero-order valence-electron chi connectivity index (χ0n) is 11.4. The number of benzene rings is 2. The lowest BCUT2D eigenvalue weighted by atomic mass is 10.0. The van der Waals surface area contributed by atoms with Gasteiger partial charge in [-0.05, 0) is 36.1 Å². The van der Waals surface area contributed by atoms with Crippen LogP contribution >= 0.6 is 15.9 Å². The summed E-state index contributed by atoms with van der Waals surface area (Å²) in [4.78, 5) is 0. The number of hydrogen-bond donors (Lipinski definition) is 0. The Labute approximate surface area is 123 Å². The smallest absolute Gasteiger partial charge is 0.120 e. The van der Waals surface area contributed by atoms with E-state index in [0.717, 1.165) is 22.2 Å². The second kappa shape index (κ2) is 6.76. The number of ether oxygens (including phenoxy) is 1. The van der Waals surface area contributed by atoms with E-state index in [1.165, 1.54) is 5.56 Å². The van der Waals surface area contributed by atoms with Gasteiger partial charge in [0.15, 0.2) is 0 Å². The van der Waals surface area contributed by atoms with Crippen LogP contribution in [0.25, 0.3) is 0 Å². The Morgan fingerprint density at radius 2 is 1.84 bits per heavy atom. The van der Waals surface area contributed by atoms with Crippen LogP contribution < -0.4 is 4.74 Å². The minimum atomic E-state index is 0.590. The molecule has 0 radical (unpaired) electrons. The highest BCUT2D eigenvalue weighted by Crippen LogP contribution is 2.20. The van der Waals surface area contributed by atoms with Crippen molar-refractivity contribution in [1.82, 2.24) is 0 Å². The first-order chi connectivity index (χ1) is 9.15. The van der Waals surface area contributed by atoms with Crippen LogP contribution in [0.1, 0.15) is 25.0 Å². The second-order valence-corrected chi connectivity index (χ2v) is 5.98. The number of hydrogen-bond acceptors (Lipinski definition) is 1. The molecule has 19 heavy (non-hydrogen) atoms. The molecular formula is C17H19BrO. The van der Waals surface area contributed by atoms with E-state index in [1.54, 1.807) is 0 Å². The summed E-state index contributed by atoms with van der Waals surface area (Å²) in [7, 11) is 0. The molecule has 0 saturated carbocycles. The molecule has 0 spiro atoms. The molecule has 2 heteroatoms. The molecule has 0 amide bonds. The van der Waals surface area contributed by atoms with Crippen LogP contribution in [0.5, 0.6) is 5.75 Å². The largest absolute Gasteiger partial charge is 0.489 e. The van der Waals surface area contributed by atoms with Gasteiger partial charge in [-0.2, -0.15) is 0 Å². The maximum absolute atomic E-state index is 5.87. The van der Waals surface area contributed by atoms with Crippen LogP contribution in [0.3, 0.4) is 0 Å². The van der Waals surface area contributed by atoms with E-state index in [0.29, 0.717) is 12.5 Å². The van der Waals surface area contributed by atoms with Gasteiger partial charge in [-0.15, -0.1) is 0 Å². The molecule has 0 unspecified atom stereocenters. The first-order valence-corrected chi connectivity index (χ1v) is 7.39. The van der Waals surface area contributed by atoms with Crippen LogP contribution in [0.15, 0.2) is 53.0 Å². The van der Waals surface area contributed by atoms with E-state index in [1.807, 2.05) is 24.3 Å². The third kappa shape index (κ3) is 4.39. The Morgan fingerprint density at radius 1 is 1.05 bits per heavy atom. The Kier molecular flexibility index (Phi) is 5.03. The van der Waals surface area contributed by atoms with Crippen molar-refractivity contribution in [3.8, 4) is 5.75 Å².